The smallest absolute Gasteiger partial charge is 0.231 e. The van der Waals surface area contributed by atoms with Crippen molar-refractivity contribution in [2.75, 3.05) is 20.4 Å². The number of hydrogen-bond donors (Lipinski definition) is 0. The normalized spacial score (nSPS) is 31.7. The maximum Gasteiger partial charge on any atom is 0.231 e. The first kappa shape index (κ1) is 9.04. The fourth-order valence-electron chi connectivity index (χ4n) is 2.16. The van der Waals surface area contributed by atoms with Crippen LogP contribution in [0.3, 0.4) is 0 Å². The van der Waals surface area contributed by atoms with E-state index < -0.39 is 0 Å². The third-order valence-electron chi connectivity index (χ3n) is 3.42. The second kappa shape index (κ2) is 2.89. The van der Waals surface area contributed by atoms with Crippen LogP contribution in [0, 0.1) is 0 Å². The second-order valence-corrected chi connectivity index (χ2v) is 4.72. The molecule has 0 amide bonds. The standard InChI is InChI=1S/C12H15NO2/c1-12(7-13(12)2)6-9-3-4-10-11(5-9)15-8-14-10/h3-5H,6-8H2,1-2H3. The highest BCUT2D eigenvalue weighted by Gasteiger charge is 2.44. The van der Waals surface area contributed by atoms with Gasteiger partial charge < -0.3 is 9.47 Å². The van der Waals surface area contributed by atoms with Gasteiger partial charge in [-0.2, -0.15) is 0 Å². The molecule has 0 aliphatic carbocycles. The first-order valence-electron chi connectivity index (χ1n) is 5.27. The quantitative estimate of drug-likeness (QED) is 0.685. The predicted octanol–water partition coefficient (Wildman–Crippen LogP) is 1.66. The molecule has 2 atom stereocenters. The number of ether oxygens (including phenoxy) is 2. The van der Waals surface area contributed by atoms with Gasteiger partial charge in [0.05, 0.1) is 0 Å². The van der Waals surface area contributed by atoms with E-state index in [4.69, 9.17) is 9.47 Å². The molecular formula is C12H15NO2. The predicted molar refractivity (Wildman–Crippen MR) is 57.3 cm³/mol. The van der Waals surface area contributed by atoms with Gasteiger partial charge in [-0.25, -0.2) is 0 Å². The molecular weight excluding hydrogens is 190 g/mol. The first-order valence-corrected chi connectivity index (χ1v) is 5.27. The molecule has 0 N–H and O–H groups in total. The van der Waals surface area contributed by atoms with Crippen molar-refractivity contribution < 1.29 is 9.47 Å². The van der Waals surface area contributed by atoms with Gasteiger partial charge in [-0.05, 0) is 38.1 Å². The summed E-state index contributed by atoms with van der Waals surface area (Å²) in [4.78, 5) is 2.36. The fourth-order valence-corrected chi connectivity index (χ4v) is 2.16. The number of hydrogen-bond acceptors (Lipinski definition) is 3. The minimum absolute atomic E-state index is 0.355. The number of rotatable bonds is 2. The summed E-state index contributed by atoms with van der Waals surface area (Å²) in [7, 11) is 2.16. The zero-order chi connectivity index (χ0) is 10.5. The van der Waals surface area contributed by atoms with E-state index in [1.165, 1.54) is 12.1 Å². The van der Waals surface area contributed by atoms with Crippen molar-refractivity contribution in [2.24, 2.45) is 0 Å². The van der Waals surface area contributed by atoms with E-state index in [2.05, 4.69) is 31.0 Å². The molecule has 0 bridgehead atoms. The van der Waals surface area contributed by atoms with Gasteiger partial charge in [0.1, 0.15) is 0 Å². The van der Waals surface area contributed by atoms with Crippen LogP contribution in [0.1, 0.15) is 12.5 Å². The Labute approximate surface area is 89.6 Å². The molecule has 2 aliphatic rings. The first-order chi connectivity index (χ1) is 7.17. The van der Waals surface area contributed by atoms with Crippen LogP contribution in [0.15, 0.2) is 18.2 Å². The number of nitrogens with zero attached hydrogens (tertiary/aromatic N) is 1. The monoisotopic (exact) mass is 205 g/mol. The topological polar surface area (TPSA) is 21.5 Å². The lowest BCUT2D eigenvalue weighted by molar-refractivity contribution is 0.174. The Bertz CT molecular complexity index is 405. The Kier molecular flexibility index (Phi) is 1.74. The van der Waals surface area contributed by atoms with Crippen molar-refractivity contribution in [1.29, 1.82) is 0 Å². The Morgan fingerprint density at radius 1 is 1.33 bits per heavy atom. The van der Waals surface area contributed by atoms with Crippen LogP contribution in [-0.2, 0) is 6.42 Å². The summed E-state index contributed by atoms with van der Waals surface area (Å²) in [6.07, 6.45) is 1.08. The molecule has 1 fully saturated rings. The molecule has 3 nitrogen and oxygen atoms in total. The Balaban J connectivity index is 1.82. The largest absolute Gasteiger partial charge is 0.454 e. The van der Waals surface area contributed by atoms with Crippen LogP contribution in [0.4, 0.5) is 0 Å². The van der Waals surface area contributed by atoms with Gasteiger partial charge in [-0.3, -0.25) is 4.90 Å². The van der Waals surface area contributed by atoms with Crippen molar-refractivity contribution in [3.8, 4) is 11.5 Å². The fraction of sp³-hybridized carbons (Fsp3) is 0.500. The highest BCUT2D eigenvalue weighted by atomic mass is 16.7. The van der Waals surface area contributed by atoms with Crippen LogP contribution < -0.4 is 9.47 Å². The van der Waals surface area contributed by atoms with Crippen LogP contribution in [0.25, 0.3) is 0 Å². The molecule has 1 aromatic rings. The summed E-state index contributed by atoms with van der Waals surface area (Å²) in [5.41, 5.74) is 1.68. The van der Waals surface area contributed by atoms with E-state index in [1.54, 1.807) is 0 Å². The molecule has 80 valence electrons. The second-order valence-electron chi connectivity index (χ2n) is 4.72. The molecule has 0 aromatic heterocycles. The van der Waals surface area contributed by atoms with E-state index in [1.807, 2.05) is 6.07 Å². The molecule has 15 heavy (non-hydrogen) atoms. The molecule has 2 unspecified atom stereocenters. The van der Waals surface area contributed by atoms with Crippen LogP contribution >= 0.6 is 0 Å². The maximum absolute atomic E-state index is 5.37. The maximum atomic E-state index is 5.37. The molecule has 0 spiro atoms. The average molecular weight is 205 g/mol. The van der Waals surface area contributed by atoms with Gasteiger partial charge in [0, 0.05) is 12.1 Å². The Morgan fingerprint density at radius 3 is 2.80 bits per heavy atom. The summed E-state index contributed by atoms with van der Waals surface area (Å²) >= 11 is 0. The van der Waals surface area contributed by atoms with Crippen molar-refractivity contribution in [1.82, 2.24) is 4.90 Å². The van der Waals surface area contributed by atoms with Gasteiger partial charge in [0.2, 0.25) is 6.79 Å². The SMILES string of the molecule is CN1CC1(C)Cc1ccc2c(c1)OCO2. The van der Waals surface area contributed by atoms with Crippen molar-refractivity contribution >= 4 is 0 Å². The van der Waals surface area contributed by atoms with Gasteiger partial charge in [-0.1, -0.05) is 6.07 Å². The van der Waals surface area contributed by atoms with E-state index in [9.17, 15) is 0 Å². The molecule has 2 heterocycles. The third kappa shape index (κ3) is 1.47. The van der Waals surface area contributed by atoms with E-state index in [0.717, 1.165) is 17.9 Å². The molecule has 1 aromatic carbocycles. The Morgan fingerprint density at radius 2 is 2.07 bits per heavy atom. The van der Waals surface area contributed by atoms with Crippen molar-refractivity contribution in [2.45, 2.75) is 18.9 Å². The third-order valence-corrected chi connectivity index (χ3v) is 3.42. The summed E-state index contributed by atoms with van der Waals surface area (Å²) in [6.45, 7) is 3.83. The van der Waals surface area contributed by atoms with Gasteiger partial charge in [-0.15, -0.1) is 0 Å². The zero-order valence-electron chi connectivity index (χ0n) is 9.12. The summed E-state index contributed by atoms with van der Waals surface area (Å²) < 4.78 is 10.7. The lowest BCUT2D eigenvalue weighted by Crippen LogP contribution is -2.14. The minimum atomic E-state index is 0.355. The van der Waals surface area contributed by atoms with Crippen LogP contribution in [0.5, 0.6) is 11.5 Å². The van der Waals surface area contributed by atoms with Gasteiger partial charge >= 0.3 is 0 Å². The summed E-state index contributed by atoms with van der Waals surface area (Å²) in [5, 5.41) is 0. The molecule has 3 rings (SSSR count). The highest BCUT2D eigenvalue weighted by molar-refractivity contribution is 5.45. The lowest BCUT2D eigenvalue weighted by Gasteiger charge is -2.09. The van der Waals surface area contributed by atoms with Crippen LogP contribution in [-0.4, -0.2) is 30.8 Å². The molecule has 0 radical (unpaired) electrons. The van der Waals surface area contributed by atoms with Gasteiger partial charge in [0.15, 0.2) is 11.5 Å². The number of fused-ring (bicyclic) bond motifs is 1. The van der Waals surface area contributed by atoms with Gasteiger partial charge in [0.25, 0.3) is 0 Å². The summed E-state index contributed by atoms with van der Waals surface area (Å²) in [5.74, 6) is 1.76. The van der Waals surface area contributed by atoms with Crippen LogP contribution in [0.2, 0.25) is 0 Å². The van der Waals surface area contributed by atoms with Crippen molar-refractivity contribution in [3.05, 3.63) is 23.8 Å². The van der Waals surface area contributed by atoms with E-state index >= 15 is 0 Å². The number of benzene rings is 1. The van der Waals surface area contributed by atoms with E-state index in [-0.39, 0.29) is 0 Å². The summed E-state index contributed by atoms with van der Waals surface area (Å²) in [6, 6.07) is 6.23. The lowest BCUT2D eigenvalue weighted by atomic mass is 10.0. The molecule has 2 aliphatic heterocycles. The minimum Gasteiger partial charge on any atom is -0.454 e. The Hall–Kier alpha value is -1.22. The number of likely N-dealkylation sites (N-methyl/N-ethyl adjacent to an activating group) is 1. The molecule has 1 saturated heterocycles. The highest BCUT2D eigenvalue weighted by Crippen LogP contribution is 2.37. The molecule has 0 saturated carbocycles. The van der Waals surface area contributed by atoms with Crippen molar-refractivity contribution in [3.63, 3.8) is 0 Å². The average Bonchev–Trinajstić information content (AvgIpc) is 2.65. The molecule has 3 heteroatoms. The van der Waals surface area contributed by atoms with E-state index in [0.29, 0.717) is 12.3 Å². The zero-order valence-corrected chi connectivity index (χ0v) is 9.12.